The van der Waals surface area contributed by atoms with Crippen molar-refractivity contribution in [2.75, 3.05) is 32.7 Å². The molecular weight excluding hydrogens is 426 g/mol. The van der Waals surface area contributed by atoms with Crippen LogP contribution in [0.4, 0.5) is 4.79 Å². The van der Waals surface area contributed by atoms with Gasteiger partial charge in [-0.25, -0.2) is 4.79 Å². The predicted octanol–water partition coefficient (Wildman–Crippen LogP) is 4.04. The molecule has 1 aliphatic heterocycles. The van der Waals surface area contributed by atoms with Crippen LogP contribution in [-0.2, 0) is 22.6 Å². The summed E-state index contributed by atoms with van der Waals surface area (Å²) >= 11 is 0. The highest BCUT2D eigenvalue weighted by Gasteiger charge is 2.30. The number of nitrogens with one attached hydrogen (secondary N) is 1. The van der Waals surface area contributed by atoms with Crippen LogP contribution >= 0.6 is 0 Å². The van der Waals surface area contributed by atoms with Crippen molar-refractivity contribution >= 4 is 12.0 Å². The molecule has 1 fully saturated rings. The molecule has 0 aliphatic carbocycles. The molecule has 0 spiro atoms. The summed E-state index contributed by atoms with van der Waals surface area (Å²) < 4.78 is 5.38. The van der Waals surface area contributed by atoms with E-state index in [2.05, 4.69) is 34.5 Å². The Kier molecular flexibility index (Phi) is 8.30. The Labute approximate surface area is 201 Å². The highest BCUT2D eigenvalue weighted by Crippen LogP contribution is 2.18. The highest BCUT2D eigenvalue weighted by molar-refractivity contribution is 5.87. The third-order valence-corrected chi connectivity index (χ3v) is 6.10. The first kappa shape index (κ1) is 23.5. The van der Waals surface area contributed by atoms with Crippen LogP contribution in [0.25, 0.3) is 0 Å². The zero-order valence-electron chi connectivity index (χ0n) is 19.3. The normalized spacial score (nSPS) is 14.9. The molecule has 0 radical (unpaired) electrons. The Hall–Kier alpha value is -3.64. The maximum absolute atomic E-state index is 13.4. The van der Waals surface area contributed by atoms with Gasteiger partial charge in [0.25, 0.3) is 0 Å². The van der Waals surface area contributed by atoms with Crippen LogP contribution in [0.2, 0.25) is 0 Å². The quantitative estimate of drug-likeness (QED) is 0.555. The monoisotopic (exact) mass is 457 g/mol. The molecular formula is C28H31N3O3. The molecule has 1 saturated heterocycles. The maximum Gasteiger partial charge on any atom is 0.408 e. The molecule has 3 aromatic rings. The van der Waals surface area contributed by atoms with Crippen LogP contribution in [0.3, 0.4) is 0 Å². The molecule has 1 N–H and O–H groups in total. The average Bonchev–Trinajstić information content (AvgIpc) is 2.91. The van der Waals surface area contributed by atoms with Crippen molar-refractivity contribution in [2.24, 2.45) is 0 Å². The van der Waals surface area contributed by atoms with Crippen LogP contribution in [0.1, 0.15) is 22.7 Å². The number of amides is 2. The minimum Gasteiger partial charge on any atom is -0.445 e. The van der Waals surface area contributed by atoms with Gasteiger partial charge in [-0.1, -0.05) is 91.0 Å². The van der Waals surface area contributed by atoms with Crippen LogP contribution in [-0.4, -0.2) is 54.5 Å². The van der Waals surface area contributed by atoms with Gasteiger partial charge in [-0.3, -0.25) is 9.69 Å². The fraction of sp³-hybridized carbons (Fsp3) is 0.286. The molecule has 0 aromatic heterocycles. The number of rotatable bonds is 8. The van der Waals surface area contributed by atoms with Gasteiger partial charge in [0, 0.05) is 32.7 Å². The number of carbonyl (C=O) groups excluding carboxylic acids is 2. The van der Waals surface area contributed by atoms with Gasteiger partial charge in [-0.2, -0.15) is 0 Å². The van der Waals surface area contributed by atoms with Crippen molar-refractivity contribution in [3.63, 3.8) is 0 Å². The lowest BCUT2D eigenvalue weighted by atomic mass is 10.1. The number of piperazine rings is 1. The fourth-order valence-corrected chi connectivity index (χ4v) is 4.12. The van der Waals surface area contributed by atoms with Gasteiger partial charge < -0.3 is 15.0 Å². The summed E-state index contributed by atoms with van der Waals surface area (Å²) in [4.78, 5) is 30.2. The van der Waals surface area contributed by atoms with E-state index in [1.807, 2.05) is 71.6 Å². The lowest BCUT2D eigenvalue weighted by molar-refractivity contribution is -0.135. The molecule has 6 heteroatoms. The summed E-state index contributed by atoms with van der Waals surface area (Å²) in [5, 5.41) is 2.79. The summed E-state index contributed by atoms with van der Waals surface area (Å²) in [6.07, 6.45) is 0.392. The Morgan fingerprint density at radius 3 is 1.94 bits per heavy atom. The summed E-state index contributed by atoms with van der Waals surface area (Å²) in [5.74, 6) is -0.106. The van der Waals surface area contributed by atoms with E-state index in [1.54, 1.807) is 0 Å². The zero-order chi connectivity index (χ0) is 23.6. The average molecular weight is 458 g/mol. The molecule has 1 heterocycles. The Morgan fingerprint density at radius 2 is 1.32 bits per heavy atom. The van der Waals surface area contributed by atoms with Gasteiger partial charge in [0.2, 0.25) is 5.91 Å². The molecule has 1 aliphatic rings. The molecule has 0 bridgehead atoms. The number of carbonyl (C=O) groups is 2. The van der Waals surface area contributed by atoms with E-state index in [4.69, 9.17) is 4.74 Å². The van der Waals surface area contributed by atoms with Gasteiger partial charge >= 0.3 is 6.09 Å². The topological polar surface area (TPSA) is 61.9 Å². The molecule has 2 amide bonds. The van der Waals surface area contributed by atoms with Crippen molar-refractivity contribution in [1.82, 2.24) is 15.1 Å². The minimum absolute atomic E-state index is 0.106. The first-order chi connectivity index (χ1) is 16.7. The highest BCUT2D eigenvalue weighted by atomic mass is 16.5. The molecule has 34 heavy (non-hydrogen) atoms. The Bertz CT molecular complexity index is 1040. The van der Waals surface area contributed by atoms with E-state index in [1.165, 1.54) is 5.56 Å². The second-order valence-electron chi connectivity index (χ2n) is 8.45. The first-order valence-corrected chi connectivity index (χ1v) is 11.8. The second-order valence-corrected chi connectivity index (χ2v) is 8.45. The van der Waals surface area contributed by atoms with E-state index in [0.717, 1.165) is 37.2 Å². The number of alkyl carbamates (subject to hydrolysis) is 1. The molecule has 176 valence electrons. The van der Waals surface area contributed by atoms with Crippen LogP contribution in [0, 0.1) is 0 Å². The third-order valence-electron chi connectivity index (χ3n) is 6.10. The predicted molar refractivity (Wildman–Crippen MR) is 132 cm³/mol. The van der Waals surface area contributed by atoms with E-state index in [9.17, 15) is 9.59 Å². The number of benzene rings is 3. The van der Waals surface area contributed by atoms with E-state index in [0.29, 0.717) is 13.1 Å². The van der Waals surface area contributed by atoms with Gasteiger partial charge in [0.05, 0.1) is 0 Å². The Morgan fingerprint density at radius 1 is 0.765 bits per heavy atom. The summed E-state index contributed by atoms with van der Waals surface area (Å²) in [6, 6.07) is 28.5. The molecule has 0 saturated carbocycles. The summed E-state index contributed by atoms with van der Waals surface area (Å²) in [7, 11) is 0. The number of hydrogen-bond acceptors (Lipinski definition) is 4. The number of ether oxygens (including phenoxy) is 1. The van der Waals surface area contributed by atoms with Crippen LogP contribution in [0.15, 0.2) is 91.0 Å². The number of hydrogen-bond donors (Lipinski definition) is 1. The van der Waals surface area contributed by atoms with E-state index < -0.39 is 12.1 Å². The van der Waals surface area contributed by atoms with Crippen molar-refractivity contribution in [3.05, 3.63) is 108 Å². The second kappa shape index (κ2) is 12.0. The van der Waals surface area contributed by atoms with E-state index >= 15 is 0 Å². The van der Waals surface area contributed by atoms with Crippen LogP contribution < -0.4 is 5.32 Å². The summed E-state index contributed by atoms with van der Waals surface area (Å²) in [6.45, 7) is 4.03. The lowest BCUT2D eigenvalue weighted by Gasteiger charge is -2.36. The maximum atomic E-state index is 13.4. The smallest absolute Gasteiger partial charge is 0.408 e. The molecule has 3 aromatic carbocycles. The molecule has 0 unspecified atom stereocenters. The van der Waals surface area contributed by atoms with Gasteiger partial charge in [0.1, 0.15) is 12.6 Å². The Balaban J connectivity index is 1.33. The summed E-state index contributed by atoms with van der Waals surface area (Å²) in [5.41, 5.74) is 2.96. The van der Waals surface area contributed by atoms with Crippen molar-refractivity contribution in [2.45, 2.75) is 19.1 Å². The zero-order valence-corrected chi connectivity index (χ0v) is 19.3. The molecule has 6 nitrogen and oxygen atoms in total. The van der Waals surface area contributed by atoms with Crippen molar-refractivity contribution in [3.8, 4) is 0 Å². The first-order valence-electron chi connectivity index (χ1n) is 11.8. The van der Waals surface area contributed by atoms with Gasteiger partial charge in [-0.15, -0.1) is 0 Å². The molecule has 1 atom stereocenters. The fourth-order valence-electron chi connectivity index (χ4n) is 4.12. The van der Waals surface area contributed by atoms with Crippen LogP contribution in [0.5, 0.6) is 0 Å². The number of nitrogens with zero attached hydrogens (tertiary/aromatic N) is 2. The third kappa shape index (κ3) is 6.68. The standard InChI is InChI=1S/C28H31N3O3/c32-27(31-20-18-30(19-21-31)17-16-23-10-4-1-5-11-23)26(25-14-8-3-9-15-25)29-28(33)34-22-24-12-6-2-7-13-24/h1-15,26H,16-22H2,(H,29,33)/t26-/m1/s1. The molecule has 4 rings (SSSR count). The lowest BCUT2D eigenvalue weighted by Crippen LogP contribution is -2.52. The van der Waals surface area contributed by atoms with E-state index in [-0.39, 0.29) is 12.5 Å². The van der Waals surface area contributed by atoms with Crippen molar-refractivity contribution in [1.29, 1.82) is 0 Å². The van der Waals surface area contributed by atoms with Gasteiger partial charge in [-0.05, 0) is 23.1 Å². The largest absolute Gasteiger partial charge is 0.445 e. The van der Waals surface area contributed by atoms with Gasteiger partial charge in [0.15, 0.2) is 0 Å². The van der Waals surface area contributed by atoms with Crippen molar-refractivity contribution < 1.29 is 14.3 Å². The minimum atomic E-state index is -0.777. The SMILES string of the molecule is O=C(N[C@@H](C(=O)N1CCN(CCc2ccccc2)CC1)c1ccccc1)OCc1ccccc1.